The lowest BCUT2D eigenvalue weighted by atomic mass is 10.1. The first-order valence-corrected chi connectivity index (χ1v) is 7.94. The molecule has 19 heavy (non-hydrogen) atoms. The van der Waals surface area contributed by atoms with Crippen molar-refractivity contribution in [3.8, 4) is 0 Å². The second kappa shape index (κ2) is 6.35. The molecule has 0 saturated carbocycles. The molecule has 1 N–H and O–H groups in total. The van der Waals surface area contributed by atoms with Gasteiger partial charge in [0.25, 0.3) is 0 Å². The number of rotatable bonds is 4. The van der Waals surface area contributed by atoms with E-state index in [-0.39, 0.29) is 0 Å². The van der Waals surface area contributed by atoms with E-state index in [0.717, 1.165) is 39.4 Å². The van der Waals surface area contributed by atoms with Crippen LogP contribution < -0.4 is 5.32 Å². The van der Waals surface area contributed by atoms with Gasteiger partial charge in [0.2, 0.25) is 0 Å². The number of benzene rings is 1. The summed E-state index contributed by atoms with van der Waals surface area (Å²) >= 11 is 3.55. The summed E-state index contributed by atoms with van der Waals surface area (Å²) in [7, 11) is 0. The predicted molar refractivity (Wildman–Crippen MR) is 80.5 cm³/mol. The van der Waals surface area contributed by atoms with Gasteiger partial charge in [-0.15, -0.1) is 0 Å². The average Bonchev–Trinajstić information content (AvgIpc) is 2.82. The number of halogens is 1. The van der Waals surface area contributed by atoms with Crippen molar-refractivity contribution in [2.75, 3.05) is 39.4 Å². The Hall–Kier alpha value is -0.420. The molecular weight excluding hydrogens is 304 g/mol. The molecule has 1 heterocycles. The van der Waals surface area contributed by atoms with Crippen molar-refractivity contribution in [2.45, 2.75) is 18.9 Å². The van der Waals surface area contributed by atoms with E-state index in [2.05, 4.69) is 44.3 Å². The molecule has 1 aromatic rings. The lowest BCUT2D eigenvalue weighted by Gasteiger charge is -2.27. The summed E-state index contributed by atoms with van der Waals surface area (Å²) < 4.78 is 6.57. The molecule has 0 bridgehead atoms. The highest BCUT2D eigenvalue weighted by atomic mass is 79.9. The number of nitrogens with zero attached hydrogens (tertiary/aromatic N) is 1. The molecule has 1 atom stereocenters. The Morgan fingerprint density at radius 3 is 3.00 bits per heavy atom. The number of ether oxygens (including phenoxy) is 1. The number of hydrogen-bond acceptors (Lipinski definition) is 3. The van der Waals surface area contributed by atoms with Gasteiger partial charge in [-0.3, -0.25) is 4.90 Å². The maximum atomic E-state index is 5.37. The fraction of sp³-hybridized carbons (Fsp3) is 0.600. The SMILES string of the molecule is Brc1ccc2c(c1)CCC2NCCN1CCOCC1. The molecule has 0 radical (unpaired) electrons. The van der Waals surface area contributed by atoms with Gasteiger partial charge in [0.1, 0.15) is 0 Å². The largest absolute Gasteiger partial charge is 0.379 e. The third-order valence-electron chi connectivity index (χ3n) is 4.11. The van der Waals surface area contributed by atoms with Crippen molar-refractivity contribution >= 4 is 15.9 Å². The molecule has 1 unspecified atom stereocenters. The van der Waals surface area contributed by atoms with Crippen LogP contribution in [0.5, 0.6) is 0 Å². The molecule has 3 rings (SSSR count). The highest BCUT2D eigenvalue weighted by Crippen LogP contribution is 2.32. The molecule has 0 amide bonds. The molecule has 1 fully saturated rings. The molecule has 3 nitrogen and oxygen atoms in total. The molecular formula is C15H21BrN2O. The average molecular weight is 325 g/mol. The summed E-state index contributed by atoms with van der Waals surface area (Å²) in [5.41, 5.74) is 2.99. The minimum Gasteiger partial charge on any atom is -0.379 e. The number of hydrogen-bond donors (Lipinski definition) is 1. The van der Waals surface area contributed by atoms with Crippen molar-refractivity contribution in [1.29, 1.82) is 0 Å². The van der Waals surface area contributed by atoms with E-state index in [1.54, 1.807) is 0 Å². The molecule has 1 saturated heterocycles. The Morgan fingerprint density at radius 1 is 1.32 bits per heavy atom. The van der Waals surface area contributed by atoms with E-state index in [9.17, 15) is 0 Å². The summed E-state index contributed by atoms with van der Waals surface area (Å²) in [4.78, 5) is 2.48. The first-order valence-electron chi connectivity index (χ1n) is 7.15. The highest BCUT2D eigenvalue weighted by molar-refractivity contribution is 9.10. The van der Waals surface area contributed by atoms with Crippen molar-refractivity contribution in [2.24, 2.45) is 0 Å². The molecule has 0 spiro atoms. The summed E-state index contributed by atoms with van der Waals surface area (Å²) in [6.07, 6.45) is 2.43. The van der Waals surface area contributed by atoms with Crippen LogP contribution in [0, 0.1) is 0 Å². The van der Waals surface area contributed by atoms with Crippen LogP contribution in [0.3, 0.4) is 0 Å². The number of morpholine rings is 1. The zero-order valence-electron chi connectivity index (χ0n) is 11.2. The Morgan fingerprint density at radius 2 is 2.16 bits per heavy atom. The first-order chi connectivity index (χ1) is 9.33. The Labute approximate surface area is 123 Å². The smallest absolute Gasteiger partial charge is 0.0594 e. The van der Waals surface area contributed by atoms with Crippen LogP contribution in [-0.4, -0.2) is 44.3 Å². The Kier molecular flexibility index (Phi) is 4.53. The van der Waals surface area contributed by atoms with Gasteiger partial charge in [-0.2, -0.15) is 0 Å². The fourth-order valence-electron chi connectivity index (χ4n) is 3.02. The first kappa shape index (κ1) is 13.6. The third kappa shape index (κ3) is 3.37. The molecule has 104 valence electrons. The van der Waals surface area contributed by atoms with E-state index in [1.807, 2.05) is 0 Å². The van der Waals surface area contributed by atoms with Crippen molar-refractivity contribution in [3.05, 3.63) is 33.8 Å². The normalized spacial score (nSPS) is 23.5. The molecule has 2 aliphatic rings. The second-order valence-electron chi connectivity index (χ2n) is 5.34. The van der Waals surface area contributed by atoms with Gasteiger partial charge in [-0.05, 0) is 36.1 Å². The molecule has 0 aromatic heterocycles. The predicted octanol–water partition coefficient (Wildman–Crippen LogP) is 2.36. The minimum absolute atomic E-state index is 0.546. The van der Waals surface area contributed by atoms with E-state index < -0.39 is 0 Å². The molecule has 1 aromatic carbocycles. The maximum Gasteiger partial charge on any atom is 0.0594 e. The van der Waals surface area contributed by atoms with Crippen molar-refractivity contribution < 1.29 is 4.74 Å². The molecule has 4 heteroatoms. The van der Waals surface area contributed by atoms with Crippen LogP contribution in [0.1, 0.15) is 23.6 Å². The topological polar surface area (TPSA) is 24.5 Å². The number of nitrogens with one attached hydrogen (secondary N) is 1. The quantitative estimate of drug-likeness (QED) is 0.920. The van der Waals surface area contributed by atoms with Crippen molar-refractivity contribution in [1.82, 2.24) is 10.2 Å². The van der Waals surface area contributed by atoms with Gasteiger partial charge in [-0.1, -0.05) is 22.0 Å². The van der Waals surface area contributed by atoms with E-state index in [1.165, 1.54) is 28.4 Å². The van der Waals surface area contributed by atoms with Gasteiger partial charge in [-0.25, -0.2) is 0 Å². The third-order valence-corrected chi connectivity index (χ3v) is 4.60. The maximum absolute atomic E-state index is 5.37. The van der Waals surface area contributed by atoms with Gasteiger partial charge >= 0.3 is 0 Å². The second-order valence-corrected chi connectivity index (χ2v) is 6.26. The minimum atomic E-state index is 0.546. The summed E-state index contributed by atoms with van der Waals surface area (Å²) in [5, 5.41) is 3.71. The van der Waals surface area contributed by atoms with Crippen LogP contribution in [0.2, 0.25) is 0 Å². The highest BCUT2D eigenvalue weighted by Gasteiger charge is 2.22. The van der Waals surface area contributed by atoms with E-state index >= 15 is 0 Å². The zero-order chi connectivity index (χ0) is 13.1. The summed E-state index contributed by atoms with van der Waals surface area (Å²) in [5.74, 6) is 0. The monoisotopic (exact) mass is 324 g/mol. The van der Waals surface area contributed by atoms with Crippen LogP contribution >= 0.6 is 15.9 Å². The van der Waals surface area contributed by atoms with Gasteiger partial charge in [0.15, 0.2) is 0 Å². The standard InChI is InChI=1S/C15H21BrN2O/c16-13-2-3-14-12(11-13)1-4-15(14)17-5-6-18-7-9-19-10-8-18/h2-3,11,15,17H,1,4-10H2. The number of fused-ring (bicyclic) bond motifs is 1. The van der Waals surface area contributed by atoms with Crippen LogP contribution in [0.4, 0.5) is 0 Å². The summed E-state index contributed by atoms with van der Waals surface area (Å²) in [6.45, 7) is 6.14. The van der Waals surface area contributed by atoms with Crippen molar-refractivity contribution in [3.63, 3.8) is 0 Å². The Bertz CT molecular complexity index is 432. The van der Waals surface area contributed by atoms with Crippen LogP contribution in [0.25, 0.3) is 0 Å². The Balaban J connectivity index is 1.49. The lowest BCUT2D eigenvalue weighted by molar-refractivity contribution is 0.0381. The zero-order valence-corrected chi connectivity index (χ0v) is 12.8. The lowest BCUT2D eigenvalue weighted by Crippen LogP contribution is -2.40. The van der Waals surface area contributed by atoms with Crippen LogP contribution in [0.15, 0.2) is 22.7 Å². The van der Waals surface area contributed by atoms with Crippen LogP contribution in [-0.2, 0) is 11.2 Å². The van der Waals surface area contributed by atoms with Gasteiger partial charge in [0.05, 0.1) is 13.2 Å². The van der Waals surface area contributed by atoms with E-state index in [4.69, 9.17) is 4.74 Å². The molecule has 1 aliphatic carbocycles. The van der Waals surface area contributed by atoms with E-state index in [0.29, 0.717) is 6.04 Å². The molecule has 1 aliphatic heterocycles. The van der Waals surface area contributed by atoms with Gasteiger partial charge in [0, 0.05) is 36.7 Å². The fourth-order valence-corrected chi connectivity index (χ4v) is 3.43. The number of aryl methyl sites for hydroxylation is 1. The van der Waals surface area contributed by atoms with Gasteiger partial charge < -0.3 is 10.1 Å². The summed E-state index contributed by atoms with van der Waals surface area (Å²) in [6, 6.07) is 7.22.